The molecule has 1 heterocycles. The van der Waals surface area contributed by atoms with Crippen molar-refractivity contribution in [3.05, 3.63) is 34.2 Å². The normalized spacial score (nSPS) is 10.4. The van der Waals surface area contributed by atoms with Crippen LogP contribution in [0.2, 0.25) is 0 Å². The van der Waals surface area contributed by atoms with Gasteiger partial charge in [-0.25, -0.2) is 9.18 Å². The highest BCUT2D eigenvalue weighted by Crippen LogP contribution is 2.32. The van der Waals surface area contributed by atoms with Gasteiger partial charge in [0, 0.05) is 6.07 Å². The van der Waals surface area contributed by atoms with Crippen LogP contribution < -0.4 is 4.74 Å². The van der Waals surface area contributed by atoms with E-state index in [-0.39, 0.29) is 21.5 Å². The Morgan fingerprint density at radius 3 is 2.78 bits per heavy atom. The van der Waals surface area contributed by atoms with E-state index in [1.165, 1.54) is 19.2 Å². The Morgan fingerprint density at radius 1 is 1.50 bits per heavy atom. The van der Waals surface area contributed by atoms with Crippen LogP contribution in [-0.4, -0.2) is 23.3 Å². The van der Waals surface area contributed by atoms with Gasteiger partial charge < -0.3 is 14.4 Å². The summed E-state index contributed by atoms with van der Waals surface area (Å²) in [6, 6.07) is 3.99. The number of benzene rings is 1. The van der Waals surface area contributed by atoms with E-state index < -0.39 is 11.8 Å². The van der Waals surface area contributed by atoms with Crippen molar-refractivity contribution in [3.63, 3.8) is 0 Å². The summed E-state index contributed by atoms with van der Waals surface area (Å²) in [6.07, 6.45) is 0. The number of carbonyl (C=O) groups is 1. The van der Waals surface area contributed by atoms with Gasteiger partial charge in [-0.15, -0.1) is 0 Å². The number of ether oxygens (including phenoxy) is 1. The van der Waals surface area contributed by atoms with Crippen LogP contribution >= 0.6 is 15.9 Å². The Balaban J connectivity index is 2.55. The van der Waals surface area contributed by atoms with E-state index in [9.17, 15) is 9.18 Å². The van der Waals surface area contributed by atoms with Crippen LogP contribution in [0.15, 0.2) is 27.2 Å². The largest absolute Gasteiger partial charge is 0.497 e. The summed E-state index contributed by atoms with van der Waals surface area (Å²) in [5.74, 6) is -1.40. The molecule has 0 spiro atoms. The lowest BCUT2D eigenvalue weighted by Gasteiger charge is -2.05. The van der Waals surface area contributed by atoms with Crippen LogP contribution in [0, 0.1) is 5.82 Å². The minimum atomic E-state index is -1.24. The second-order valence-electron chi connectivity index (χ2n) is 3.35. The molecule has 0 aliphatic carbocycles. The number of hydrogen-bond acceptors (Lipinski definition) is 4. The average Bonchev–Trinajstić information content (AvgIpc) is 2.82. The van der Waals surface area contributed by atoms with Gasteiger partial charge in [0.25, 0.3) is 0 Å². The first-order valence-electron chi connectivity index (χ1n) is 4.76. The fourth-order valence-corrected chi connectivity index (χ4v) is 1.80. The van der Waals surface area contributed by atoms with Gasteiger partial charge in [-0.1, -0.05) is 5.16 Å². The topological polar surface area (TPSA) is 72.6 Å². The van der Waals surface area contributed by atoms with Gasteiger partial charge in [-0.2, -0.15) is 0 Å². The molecule has 5 nitrogen and oxygen atoms in total. The first-order chi connectivity index (χ1) is 8.52. The zero-order valence-electron chi connectivity index (χ0n) is 9.11. The lowest BCUT2D eigenvalue weighted by atomic mass is 10.1. The number of methoxy groups -OCH3 is 1. The molecule has 0 amide bonds. The SMILES string of the molecule is COc1cc(Br)c(F)c(-c2cc(C(=O)O)no2)c1. The molecule has 0 aliphatic rings. The van der Waals surface area contributed by atoms with E-state index >= 15 is 0 Å². The third-order valence-electron chi connectivity index (χ3n) is 2.23. The predicted molar refractivity (Wildman–Crippen MR) is 63.1 cm³/mol. The van der Waals surface area contributed by atoms with Gasteiger partial charge >= 0.3 is 5.97 Å². The number of aromatic carboxylic acids is 1. The third kappa shape index (κ3) is 2.21. The van der Waals surface area contributed by atoms with Crippen molar-refractivity contribution < 1.29 is 23.6 Å². The van der Waals surface area contributed by atoms with Crippen molar-refractivity contribution in [2.45, 2.75) is 0 Å². The molecule has 1 N–H and O–H groups in total. The van der Waals surface area contributed by atoms with Gasteiger partial charge in [0.15, 0.2) is 11.5 Å². The van der Waals surface area contributed by atoms with Gasteiger partial charge in [-0.3, -0.25) is 0 Å². The summed E-state index contributed by atoms with van der Waals surface area (Å²) < 4.78 is 23.9. The number of nitrogens with zero attached hydrogens (tertiary/aromatic N) is 1. The van der Waals surface area contributed by atoms with Crippen molar-refractivity contribution in [2.75, 3.05) is 7.11 Å². The highest BCUT2D eigenvalue weighted by Gasteiger charge is 2.18. The molecule has 0 unspecified atom stereocenters. The van der Waals surface area contributed by atoms with E-state index in [1.807, 2.05) is 0 Å². The minimum absolute atomic E-state index is 0.0181. The zero-order valence-corrected chi connectivity index (χ0v) is 10.7. The zero-order chi connectivity index (χ0) is 13.3. The first kappa shape index (κ1) is 12.6. The summed E-state index contributed by atoms with van der Waals surface area (Å²) >= 11 is 3.04. The van der Waals surface area contributed by atoms with Crippen molar-refractivity contribution in [1.82, 2.24) is 5.16 Å². The van der Waals surface area contributed by atoms with Gasteiger partial charge in [0.2, 0.25) is 0 Å². The maximum Gasteiger partial charge on any atom is 0.358 e. The van der Waals surface area contributed by atoms with Crippen LogP contribution in [0.25, 0.3) is 11.3 Å². The molecule has 2 aromatic rings. The number of aromatic nitrogens is 1. The molecule has 1 aromatic carbocycles. The van der Waals surface area contributed by atoms with Crippen LogP contribution in [-0.2, 0) is 0 Å². The second-order valence-corrected chi connectivity index (χ2v) is 4.21. The number of hydrogen-bond donors (Lipinski definition) is 1. The molecule has 0 radical (unpaired) electrons. The molecule has 7 heteroatoms. The van der Waals surface area contributed by atoms with Gasteiger partial charge in [-0.05, 0) is 28.1 Å². The predicted octanol–water partition coefficient (Wildman–Crippen LogP) is 2.95. The standard InChI is InChI=1S/C11H7BrFNO4/c1-17-5-2-6(10(13)7(12)3-5)9-4-8(11(15)16)14-18-9/h2-4H,1H3,(H,15,16). The average molecular weight is 316 g/mol. The molecule has 0 saturated carbocycles. The molecular weight excluding hydrogens is 309 g/mol. The molecule has 0 bridgehead atoms. The van der Waals surface area contributed by atoms with E-state index in [0.29, 0.717) is 5.75 Å². The maximum absolute atomic E-state index is 13.9. The smallest absolute Gasteiger partial charge is 0.358 e. The summed E-state index contributed by atoms with van der Waals surface area (Å²) in [6.45, 7) is 0. The van der Waals surface area contributed by atoms with E-state index in [2.05, 4.69) is 21.1 Å². The van der Waals surface area contributed by atoms with E-state index in [4.69, 9.17) is 14.4 Å². The van der Waals surface area contributed by atoms with Gasteiger partial charge in [0.1, 0.15) is 11.6 Å². The van der Waals surface area contributed by atoms with Crippen LogP contribution in [0.1, 0.15) is 10.5 Å². The minimum Gasteiger partial charge on any atom is -0.497 e. The number of carboxylic acids is 1. The molecule has 0 atom stereocenters. The van der Waals surface area contributed by atoms with E-state index in [0.717, 1.165) is 6.07 Å². The Kier molecular flexibility index (Phi) is 3.33. The Bertz CT molecular complexity index is 611. The molecule has 0 aliphatic heterocycles. The lowest BCUT2D eigenvalue weighted by molar-refractivity contribution is 0.0686. The van der Waals surface area contributed by atoms with Crippen LogP contribution in [0.3, 0.4) is 0 Å². The lowest BCUT2D eigenvalue weighted by Crippen LogP contribution is -1.94. The maximum atomic E-state index is 13.9. The number of halogens is 2. The monoisotopic (exact) mass is 315 g/mol. The molecule has 0 saturated heterocycles. The molecular formula is C11H7BrFNO4. The number of carboxylic acid groups (broad SMARTS) is 1. The highest BCUT2D eigenvalue weighted by atomic mass is 79.9. The van der Waals surface area contributed by atoms with Gasteiger partial charge in [0.05, 0.1) is 17.1 Å². The van der Waals surface area contributed by atoms with Crippen molar-refractivity contribution >= 4 is 21.9 Å². The highest BCUT2D eigenvalue weighted by molar-refractivity contribution is 9.10. The Morgan fingerprint density at radius 2 is 2.22 bits per heavy atom. The fourth-order valence-electron chi connectivity index (χ4n) is 1.36. The molecule has 94 valence electrons. The second kappa shape index (κ2) is 4.77. The molecule has 2 rings (SSSR count). The summed E-state index contributed by atoms with van der Waals surface area (Å²) in [7, 11) is 1.44. The third-order valence-corrected chi connectivity index (χ3v) is 2.81. The van der Waals surface area contributed by atoms with Crippen LogP contribution in [0.4, 0.5) is 4.39 Å². The fraction of sp³-hybridized carbons (Fsp3) is 0.0909. The summed E-state index contributed by atoms with van der Waals surface area (Å²) in [4.78, 5) is 10.7. The van der Waals surface area contributed by atoms with Crippen molar-refractivity contribution in [1.29, 1.82) is 0 Å². The summed E-state index contributed by atoms with van der Waals surface area (Å²) in [5.41, 5.74) is -0.218. The van der Waals surface area contributed by atoms with E-state index in [1.54, 1.807) is 0 Å². The quantitative estimate of drug-likeness (QED) is 0.942. The number of rotatable bonds is 3. The van der Waals surface area contributed by atoms with Crippen molar-refractivity contribution in [2.24, 2.45) is 0 Å². The van der Waals surface area contributed by atoms with Crippen molar-refractivity contribution in [3.8, 4) is 17.1 Å². The van der Waals surface area contributed by atoms with Crippen LogP contribution in [0.5, 0.6) is 5.75 Å². The first-order valence-corrected chi connectivity index (χ1v) is 5.55. The molecule has 1 aromatic heterocycles. The Hall–Kier alpha value is -1.89. The Labute approximate surface area is 109 Å². The summed E-state index contributed by atoms with van der Waals surface area (Å²) in [5, 5.41) is 12.0. The molecule has 0 fully saturated rings. The molecule has 18 heavy (non-hydrogen) atoms.